The van der Waals surface area contributed by atoms with Crippen molar-refractivity contribution in [2.45, 2.75) is 25.4 Å². The first-order valence-corrected chi connectivity index (χ1v) is 5.64. The van der Waals surface area contributed by atoms with Crippen LogP contribution in [0.25, 0.3) is 0 Å². The first kappa shape index (κ1) is 16.7. The second kappa shape index (κ2) is 8.73. The first-order valence-electron chi connectivity index (χ1n) is 5.64. The Bertz CT molecular complexity index is 270. The van der Waals surface area contributed by atoms with Gasteiger partial charge in [0.2, 0.25) is 5.91 Å². The fourth-order valence-corrected chi connectivity index (χ4v) is 1.13. The summed E-state index contributed by atoms with van der Waals surface area (Å²) in [5.74, 6) is -2.20. The lowest BCUT2D eigenvalue weighted by atomic mass is 10.3. The molecule has 0 heterocycles. The molecule has 0 rings (SSSR count). The summed E-state index contributed by atoms with van der Waals surface area (Å²) in [4.78, 5) is 21.6. The number of hydrogen-bond donors (Lipinski definition) is 3. The predicted octanol–water partition coefficient (Wildman–Crippen LogP) is 0.171. The Kier molecular flexibility index (Phi) is 8.10. The van der Waals surface area contributed by atoms with Crippen molar-refractivity contribution >= 4 is 11.8 Å². The zero-order chi connectivity index (χ0) is 14.0. The second-order valence-corrected chi connectivity index (χ2v) is 3.66. The second-order valence-electron chi connectivity index (χ2n) is 3.66. The standard InChI is InChI=1S/C10H18F3N3O2/c1-14-5-3-7-15-8(17)4-2-6-16-9(18)10(11,12)13/h14H,2-7H2,1H3,(H,15,17)(H,16,18). The first-order chi connectivity index (χ1) is 8.38. The molecule has 106 valence electrons. The third-order valence-corrected chi connectivity index (χ3v) is 2.05. The van der Waals surface area contributed by atoms with Gasteiger partial charge in [-0.05, 0) is 26.4 Å². The van der Waals surface area contributed by atoms with E-state index in [0.29, 0.717) is 6.54 Å². The van der Waals surface area contributed by atoms with Crippen molar-refractivity contribution in [1.82, 2.24) is 16.0 Å². The summed E-state index contributed by atoms with van der Waals surface area (Å²) in [5, 5.41) is 7.24. The van der Waals surface area contributed by atoms with E-state index in [1.165, 1.54) is 0 Å². The molecule has 0 aliphatic heterocycles. The van der Waals surface area contributed by atoms with Gasteiger partial charge < -0.3 is 16.0 Å². The largest absolute Gasteiger partial charge is 0.471 e. The van der Waals surface area contributed by atoms with Crippen LogP contribution in [0.1, 0.15) is 19.3 Å². The molecule has 18 heavy (non-hydrogen) atoms. The molecule has 0 aromatic carbocycles. The van der Waals surface area contributed by atoms with Gasteiger partial charge in [-0.1, -0.05) is 0 Å². The summed E-state index contributed by atoms with van der Waals surface area (Å²) in [6.07, 6.45) is -3.81. The highest BCUT2D eigenvalue weighted by molar-refractivity contribution is 5.81. The van der Waals surface area contributed by atoms with Gasteiger partial charge in [0, 0.05) is 19.5 Å². The molecular weight excluding hydrogens is 251 g/mol. The number of nitrogens with one attached hydrogen (secondary N) is 3. The van der Waals surface area contributed by atoms with E-state index in [2.05, 4.69) is 10.6 Å². The number of amides is 2. The molecule has 8 heteroatoms. The summed E-state index contributed by atoms with van der Waals surface area (Å²) in [5.41, 5.74) is 0. The Morgan fingerprint density at radius 1 is 1.00 bits per heavy atom. The van der Waals surface area contributed by atoms with Crippen LogP contribution in [0.5, 0.6) is 0 Å². The van der Waals surface area contributed by atoms with E-state index >= 15 is 0 Å². The quantitative estimate of drug-likeness (QED) is 0.550. The molecule has 3 N–H and O–H groups in total. The van der Waals surface area contributed by atoms with Crippen LogP contribution in [0, 0.1) is 0 Å². The highest BCUT2D eigenvalue weighted by Crippen LogP contribution is 2.13. The van der Waals surface area contributed by atoms with Crippen molar-refractivity contribution in [2.24, 2.45) is 0 Å². The van der Waals surface area contributed by atoms with E-state index in [9.17, 15) is 22.8 Å². The lowest BCUT2D eigenvalue weighted by molar-refractivity contribution is -0.173. The van der Waals surface area contributed by atoms with E-state index in [0.717, 1.165) is 13.0 Å². The van der Waals surface area contributed by atoms with Gasteiger partial charge in [-0.15, -0.1) is 0 Å². The minimum absolute atomic E-state index is 0.0949. The lowest BCUT2D eigenvalue weighted by Crippen LogP contribution is -2.37. The summed E-state index contributed by atoms with van der Waals surface area (Å²) < 4.78 is 35.3. The van der Waals surface area contributed by atoms with Crippen LogP contribution in [-0.2, 0) is 9.59 Å². The Balaban J connectivity index is 3.49. The fourth-order valence-electron chi connectivity index (χ4n) is 1.13. The van der Waals surface area contributed by atoms with Crippen LogP contribution >= 0.6 is 0 Å². The van der Waals surface area contributed by atoms with Crippen LogP contribution in [0.15, 0.2) is 0 Å². The molecule has 0 spiro atoms. The molecule has 0 bridgehead atoms. The van der Waals surface area contributed by atoms with Crippen molar-refractivity contribution in [3.8, 4) is 0 Å². The third kappa shape index (κ3) is 8.80. The smallest absolute Gasteiger partial charge is 0.356 e. The minimum Gasteiger partial charge on any atom is -0.356 e. The SMILES string of the molecule is CNCCCNC(=O)CCCNC(=O)C(F)(F)F. The van der Waals surface area contributed by atoms with Gasteiger partial charge in [-0.3, -0.25) is 9.59 Å². The van der Waals surface area contributed by atoms with E-state index in [4.69, 9.17) is 0 Å². The Morgan fingerprint density at radius 3 is 2.17 bits per heavy atom. The maximum atomic E-state index is 11.8. The summed E-state index contributed by atoms with van der Waals surface area (Å²) in [6, 6.07) is 0. The monoisotopic (exact) mass is 269 g/mol. The maximum absolute atomic E-state index is 11.8. The minimum atomic E-state index is -4.87. The number of alkyl halides is 3. The highest BCUT2D eigenvalue weighted by Gasteiger charge is 2.38. The Morgan fingerprint density at radius 2 is 1.61 bits per heavy atom. The summed E-state index contributed by atoms with van der Waals surface area (Å²) in [7, 11) is 1.80. The zero-order valence-corrected chi connectivity index (χ0v) is 10.2. The average Bonchev–Trinajstić information content (AvgIpc) is 2.28. The number of carbonyl (C=O) groups excluding carboxylic acids is 2. The highest BCUT2D eigenvalue weighted by atomic mass is 19.4. The van der Waals surface area contributed by atoms with Gasteiger partial charge in [0.05, 0.1) is 0 Å². The van der Waals surface area contributed by atoms with Gasteiger partial charge in [0.15, 0.2) is 0 Å². The van der Waals surface area contributed by atoms with Gasteiger partial charge >= 0.3 is 12.1 Å². The van der Waals surface area contributed by atoms with Gasteiger partial charge in [-0.25, -0.2) is 0 Å². The summed E-state index contributed by atoms with van der Waals surface area (Å²) in [6.45, 7) is 1.14. The van der Waals surface area contributed by atoms with E-state index in [1.807, 2.05) is 0 Å². The van der Waals surface area contributed by atoms with E-state index in [-0.39, 0.29) is 25.3 Å². The molecule has 5 nitrogen and oxygen atoms in total. The Hall–Kier alpha value is -1.31. The molecular formula is C10H18F3N3O2. The molecule has 0 aliphatic rings. The molecule has 0 saturated carbocycles. The van der Waals surface area contributed by atoms with Crippen LogP contribution < -0.4 is 16.0 Å². The molecule has 0 saturated heterocycles. The van der Waals surface area contributed by atoms with Crippen LogP contribution in [-0.4, -0.2) is 44.7 Å². The van der Waals surface area contributed by atoms with Crippen molar-refractivity contribution in [1.29, 1.82) is 0 Å². The molecule has 0 fully saturated rings. The third-order valence-electron chi connectivity index (χ3n) is 2.05. The summed E-state index contributed by atoms with van der Waals surface area (Å²) >= 11 is 0. The number of rotatable bonds is 8. The predicted molar refractivity (Wildman–Crippen MR) is 59.9 cm³/mol. The number of halogens is 3. The van der Waals surface area contributed by atoms with Crippen molar-refractivity contribution in [3.05, 3.63) is 0 Å². The van der Waals surface area contributed by atoms with Crippen LogP contribution in [0.3, 0.4) is 0 Å². The maximum Gasteiger partial charge on any atom is 0.471 e. The molecule has 0 atom stereocenters. The lowest BCUT2D eigenvalue weighted by Gasteiger charge is -2.08. The van der Waals surface area contributed by atoms with E-state index in [1.54, 1.807) is 12.4 Å². The molecule has 0 aromatic heterocycles. The molecule has 0 aromatic rings. The van der Waals surface area contributed by atoms with Crippen LogP contribution in [0.2, 0.25) is 0 Å². The van der Waals surface area contributed by atoms with Gasteiger partial charge in [0.25, 0.3) is 0 Å². The Labute approximate surface area is 103 Å². The zero-order valence-electron chi connectivity index (χ0n) is 10.2. The number of carbonyl (C=O) groups is 2. The molecule has 2 amide bonds. The molecule has 0 aliphatic carbocycles. The van der Waals surface area contributed by atoms with Crippen LogP contribution in [0.4, 0.5) is 13.2 Å². The van der Waals surface area contributed by atoms with Crippen molar-refractivity contribution < 1.29 is 22.8 Å². The average molecular weight is 269 g/mol. The topological polar surface area (TPSA) is 70.2 Å². The number of hydrogen-bond acceptors (Lipinski definition) is 3. The normalized spacial score (nSPS) is 11.1. The molecule has 0 unspecified atom stereocenters. The van der Waals surface area contributed by atoms with E-state index < -0.39 is 12.1 Å². The van der Waals surface area contributed by atoms with Gasteiger partial charge in [0.1, 0.15) is 0 Å². The van der Waals surface area contributed by atoms with Crippen molar-refractivity contribution in [2.75, 3.05) is 26.7 Å². The fraction of sp³-hybridized carbons (Fsp3) is 0.800. The van der Waals surface area contributed by atoms with Crippen molar-refractivity contribution in [3.63, 3.8) is 0 Å². The van der Waals surface area contributed by atoms with Gasteiger partial charge in [-0.2, -0.15) is 13.2 Å². The molecule has 0 radical (unpaired) electrons.